The highest BCUT2D eigenvalue weighted by molar-refractivity contribution is 5.74. The van der Waals surface area contributed by atoms with Gasteiger partial charge in [0.25, 0.3) is 0 Å². The third-order valence-electron chi connectivity index (χ3n) is 2.81. The number of rotatable bonds is 1. The maximum atomic E-state index is 11.9. The summed E-state index contributed by atoms with van der Waals surface area (Å²) < 4.78 is 5.31. The Morgan fingerprint density at radius 3 is 2.39 bits per heavy atom. The van der Waals surface area contributed by atoms with Crippen LogP contribution in [0.4, 0.5) is 4.79 Å². The summed E-state index contributed by atoms with van der Waals surface area (Å²) in [7, 11) is 0. The molecule has 0 spiro atoms. The molecule has 0 aromatic heterocycles. The Balaban J connectivity index is 2.62. The van der Waals surface area contributed by atoms with E-state index in [9.17, 15) is 9.59 Å². The average Bonchev–Trinajstić information content (AvgIpc) is 2.25. The molecule has 6 heteroatoms. The second kappa shape index (κ2) is 5.56. The Morgan fingerprint density at radius 1 is 1.33 bits per heavy atom. The summed E-state index contributed by atoms with van der Waals surface area (Å²) in [5.41, 5.74) is 5.14. The predicted molar refractivity (Wildman–Crippen MR) is 68.0 cm³/mol. The van der Waals surface area contributed by atoms with E-state index in [4.69, 9.17) is 10.5 Å². The van der Waals surface area contributed by atoms with Crippen molar-refractivity contribution in [2.45, 2.75) is 39.3 Å². The molecule has 0 aromatic rings. The molecule has 2 amide bonds. The number of hydrogen-bond acceptors (Lipinski definition) is 4. The molecule has 1 aliphatic heterocycles. The van der Waals surface area contributed by atoms with Gasteiger partial charge in [-0.15, -0.1) is 0 Å². The van der Waals surface area contributed by atoms with Crippen molar-refractivity contribution in [3.05, 3.63) is 0 Å². The summed E-state index contributed by atoms with van der Waals surface area (Å²) in [5.74, 6) is -0.00529. The number of nitrogens with two attached hydrogens (primary N) is 1. The Hall–Kier alpha value is -1.30. The lowest BCUT2D eigenvalue weighted by Crippen LogP contribution is -2.59. The van der Waals surface area contributed by atoms with Gasteiger partial charge in [-0.2, -0.15) is 0 Å². The van der Waals surface area contributed by atoms with Crippen LogP contribution in [-0.2, 0) is 9.53 Å². The lowest BCUT2D eigenvalue weighted by molar-refractivity contribution is -0.133. The van der Waals surface area contributed by atoms with Gasteiger partial charge in [0.05, 0.1) is 6.04 Å². The van der Waals surface area contributed by atoms with Gasteiger partial charge in [-0.3, -0.25) is 4.79 Å². The average molecular weight is 257 g/mol. The Bertz CT molecular complexity index is 325. The molecule has 104 valence electrons. The monoisotopic (exact) mass is 257 g/mol. The fourth-order valence-corrected chi connectivity index (χ4v) is 1.96. The van der Waals surface area contributed by atoms with Crippen molar-refractivity contribution >= 4 is 12.0 Å². The molecule has 0 aliphatic carbocycles. The molecule has 1 rings (SSSR count). The summed E-state index contributed by atoms with van der Waals surface area (Å²) in [4.78, 5) is 26.6. The molecule has 0 radical (unpaired) electrons. The molecule has 0 bridgehead atoms. The lowest BCUT2D eigenvalue weighted by atomic mass is 10.1. The summed E-state index contributed by atoms with van der Waals surface area (Å²) in [6.07, 6.45) is -0.343. The van der Waals surface area contributed by atoms with Crippen LogP contribution in [0, 0.1) is 0 Å². The van der Waals surface area contributed by atoms with Gasteiger partial charge in [-0.25, -0.2) is 4.79 Å². The van der Waals surface area contributed by atoms with Gasteiger partial charge in [0.15, 0.2) is 0 Å². The topological polar surface area (TPSA) is 75.9 Å². The molecule has 1 aliphatic rings. The van der Waals surface area contributed by atoms with Crippen LogP contribution in [-0.4, -0.2) is 59.6 Å². The van der Waals surface area contributed by atoms with Gasteiger partial charge < -0.3 is 20.3 Å². The summed E-state index contributed by atoms with van der Waals surface area (Å²) >= 11 is 0. The fourth-order valence-electron chi connectivity index (χ4n) is 1.96. The van der Waals surface area contributed by atoms with Gasteiger partial charge >= 0.3 is 6.09 Å². The zero-order valence-electron chi connectivity index (χ0n) is 11.6. The zero-order valence-corrected chi connectivity index (χ0v) is 11.6. The number of nitrogens with zero attached hydrogens (tertiary/aromatic N) is 2. The molecule has 1 fully saturated rings. The highest BCUT2D eigenvalue weighted by Gasteiger charge is 2.32. The number of piperazine rings is 1. The third-order valence-corrected chi connectivity index (χ3v) is 2.81. The largest absolute Gasteiger partial charge is 0.444 e. The molecule has 1 atom stereocenters. The van der Waals surface area contributed by atoms with Crippen LogP contribution in [0.25, 0.3) is 0 Å². The van der Waals surface area contributed by atoms with Crippen molar-refractivity contribution in [2.24, 2.45) is 5.73 Å². The van der Waals surface area contributed by atoms with E-state index in [2.05, 4.69) is 0 Å². The van der Waals surface area contributed by atoms with E-state index in [-0.39, 0.29) is 18.0 Å². The van der Waals surface area contributed by atoms with E-state index in [0.29, 0.717) is 26.2 Å². The van der Waals surface area contributed by atoms with E-state index in [0.717, 1.165) is 0 Å². The number of carbonyl (C=O) groups is 2. The number of carbonyl (C=O) groups excluding carboxylic acids is 2. The Morgan fingerprint density at radius 2 is 1.94 bits per heavy atom. The standard InChI is InChI=1S/C12H23N3O3/c1-9(16)15-6-5-14(8-10(15)7-13)11(17)18-12(2,3)4/h10H,5-8,13H2,1-4H3. The highest BCUT2D eigenvalue weighted by atomic mass is 16.6. The van der Waals surface area contributed by atoms with Crippen LogP contribution in [0.2, 0.25) is 0 Å². The fraction of sp³-hybridized carbons (Fsp3) is 0.833. The van der Waals surface area contributed by atoms with Crippen LogP contribution in [0.1, 0.15) is 27.7 Å². The summed E-state index contributed by atoms with van der Waals surface area (Å²) in [6.45, 7) is 8.79. The third kappa shape index (κ3) is 3.87. The van der Waals surface area contributed by atoms with E-state index in [1.165, 1.54) is 6.92 Å². The zero-order chi connectivity index (χ0) is 13.9. The van der Waals surface area contributed by atoms with Crippen molar-refractivity contribution < 1.29 is 14.3 Å². The van der Waals surface area contributed by atoms with Crippen molar-refractivity contribution in [3.8, 4) is 0 Å². The molecular weight excluding hydrogens is 234 g/mol. The van der Waals surface area contributed by atoms with E-state index in [1.54, 1.807) is 9.80 Å². The predicted octanol–water partition coefficient (Wildman–Crippen LogP) is 0.413. The van der Waals surface area contributed by atoms with Crippen molar-refractivity contribution in [2.75, 3.05) is 26.2 Å². The maximum absolute atomic E-state index is 11.9. The first-order valence-corrected chi connectivity index (χ1v) is 6.20. The molecule has 18 heavy (non-hydrogen) atoms. The second-order valence-corrected chi connectivity index (χ2v) is 5.53. The first kappa shape index (κ1) is 14.8. The van der Waals surface area contributed by atoms with Crippen LogP contribution >= 0.6 is 0 Å². The normalized spacial score (nSPS) is 20.8. The Labute approximate surface area is 108 Å². The molecular formula is C12H23N3O3. The van der Waals surface area contributed by atoms with Crippen LogP contribution in [0.3, 0.4) is 0 Å². The molecule has 1 unspecified atom stereocenters. The molecule has 0 aromatic carbocycles. The number of ether oxygens (including phenoxy) is 1. The molecule has 1 heterocycles. The molecule has 1 saturated heterocycles. The van der Waals surface area contributed by atoms with Gasteiger partial charge in [-0.05, 0) is 20.8 Å². The minimum Gasteiger partial charge on any atom is -0.444 e. The SMILES string of the molecule is CC(=O)N1CCN(C(=O)OC(C)(C)C)CC1CN. The van der Waals surface area contributed by atoms with Gasteiger partial charge in [-0.1, -0.05) is 0 Å². The van der Waals surface area contributed by atoms with Crippen molar-refractivity contribution in [3.63, 3.8) is 0 Å². The maximum Gasteiger partial charge on any atom is 0.410 e. The lowest BCUT2D eigenvalue weighted by Gasteiger charge is -2.40. The highest BCUT2D eigenvalue weighted by Crippen LogP contribution is 2.14. The minimum atomic E-state index is -0.507. The summed E-state index contributed by atoms with van der Waals surface area (Å²) in [6, 6.07) is -0.122. The van der Waals surface area contributed by atoms with Gasteiger partial charge in [0.1, 0.15) is 5.60 Å². The van der Waals surface area contributed by atoms with E-state index < -0.39 is 5.60 Å². The first-order valence-electron chi connectivity index (χ1n) is 6.20. The second-order valence-electron chi connectivity index (χ2n) is 5.53. The van der Waals surface area contributed by atoms with E-state index in [1.807, 2.05) is 20.8 Å². The van der Waals surface area contributed by atoms with E-state index >= 15 is 0 Å². The summed E-state index contributed by atoms with van der Waals surface area (Å²) in [5, 5.41) is 0. The van der Waals surface area contributed by atoms with Crippen LogP contribution in [0.15, 0.2) is 0 Å². The molecule has 0 saturated carbocycles. The van der Waals surface area contributed by atoms with Crippen molar-refractivity contribution in [1.82, 2.24) is 9.80 Å². The first-order chi connectivity index (χ1) is 8.24. The van der Waals surface area contributed by atoms with Crippen LogP contribution in [0.5, 0.6) is 0 Å². The number of amides is 2. The Kier molecular flexibility index (Phi) is 4.56. The minimum absolute atomic E-state index is 0.00529. The smallest absolute Gasteiger partial charge is 0.410 e. The molecule has 2 N–H and O–H groups in total. The molecule has 6 nitrogen and oxygen atoms in total. The number of hydrogen-bond donors (Lipinski definition) is 1. The van der Waals surface area contributed by atoms with Crippen LogP contribution < -0.4 is 5.73 Å². The quantitative estimate of drug-likeness (QED) is 0.738. The van der Waals surface area contributed by atoms with Gasteiger partial charge in [0.2, 0.25) is 5.91 Å². The van der Waals surface area contributed by atoms with Gasteiger partial charge in [0, 0.05) is 33.1 Å². The van der Waals surface area contributed by atoms with Crippen molar-refractivity contribution in [1.29, 1.82) is 0 Å².